The summed E-state index contributed by atoms with van der Waals surface area (Å²) in [4.78, 5) is 25.7. The third-order valence-electron chi connectivity index (χ3n) is 13.0. The molecule has 260 valence electrons. The summed E-state index contributed by atoms with van der Waals surface area (Å²) in [7, 11) is 0. The number of hydrogen-bond acceptors (Lipinski definition) is 7. The van der Waals surface area contributed by atoms with Crippen molar-refractivity contribution in [3.8, 4) is 17.7 Å². The molecule has 11 heteroatoms. The quantitative estimate of drug-likeness (QED) is 0.200. The second-order valence-corrected chi connectivity index (χ2v) is 15.6. The molecule has 9 nitrogen and oxygen atoms in total. The van der Waals surface area contributed by atoms with Crippen LogP contribution in [0, 0.1) is 53.2 Å². The number of nitriles is 1. The van der Waals surface area contributed by atoms with Gasteiger partial charge in [0.05, 0.1) is 5.02 Å². The Labute approximate surface area is 297 Å². The molecule has 5 aliphatic rings. The fraction of sp³-hybridized carbons (Fsp3) is 0.487. The molecule has 4 aromatic rings. The van der Waals surface area contributed by atoms with E-state index in [2.05, 4.69) is 74.7 Å². The zero-order valence-electron chi connectivity index (χ0n) is 29.0. The van der Waals surface area contributed by atoms with Crippen LogP contribution in [-0.4, -0.2) is 57.1 Å². The number of ether oxygens (including phenoxy) is 1. The van der Waals surface area contributed by atoms with Gasteiger partial charge in [0.2, 0.25) is 5.91 Å². The van der Waals surface area contributed by atoms with Gasteiger partial charge in [0, 0.05) is 68.5 Å². The van der Waals surface area contributed by atoms with E-state index in [1.54, 1.807) is 19.3 Å². The summed E-state index contributed by atoms with van der Waals surface area (Å²) in [5.41, 5.74) is 4.55. The average Bonchev–Trinajstić information content (AvgIpc) is 3.69. The number of rotatable bonds is 9. The van der Waals surface area contributed by atoms with Crippen molar-refractivity contribution in [1.29, 1.82) is 5.26 Å². The van der Waals surface area contributed by atoms with Gasteiger partial charge in [-0.05, 0) is 103 Å². The molecule has 0 spiro atoms. The lowest BCUT2D eigenvalue weighted by atomic mass is 9.27. The first-order chi connectivity index (χ1) is 24.0. The largest absolute Gasteiger partial charge is 0.434 e. The van der Waals surface area contributed by atoms with Gasteiger partial charge in [-0.25, -0.2) is 14.4 Å². The summed E-state index contributed by atoms with van der Waals surface area (Å²) in [5, 5.41) is 14.7. The lowest BCUT2D eigenvalue weighted by Gasteiger charge is -2.81. The van der Waals surface area contributed by atoms with E-state index < -0.39 is 5.82 Å². The number of aryl methyl sites for hydroxylation is 2. The number of likely N-dealkylation sites (tertiary alicyclic amines) is 1. The Morgan fingerprint density at radius 1 is 1.12 bits per heavy atom. The first-order valence-corrected chi connectivity index (χ1v) is 18.1. The molecule has 2 aliphatic heterocycles. The monoisotopic (exact) mass is 695 g/mol. The van der Waals surface area contributed by atoms with Gasteiger partial charge >= 0.3 is 0 Å². The first kappa shape index (κ1) is 33.0. The van der Waals surface area contributed by atoms with Crippen LogP contribution in [0.5, 0.6) is 11.6 Å². The SMILES string of the molecule is CC(=O)NC12CC(CCn3c(C#N)cc4c(C)c(CN5CCC6CN(c7nccnc7Oc7ccc(F)cc7Cl)CC6C5)ccc43)([C@@H]1C)[C@@H]2C. The van der Waals surface area contributed by atoms with Crippen molar-refractivity contribution in [1.82, 2.24) is 24.8 Å². The Kier molecular flexibility index (Phi) is 8.07. The van der Waals surface area contributed by atoms with Crippen LogP contribution < -0.4 is 15.0 Å². The highest BCUT2D eigenvalue weighted by molar-refractivity contribution is 6.32. The van der Waals surface area contributed by atoms with Crippen molar-refractivity contribution in [2.75, 3.05) is 31.1 Å². The van der Waals surface area contributed by atoms with Crippen LogP contribution in [0.1, 0.15) is 56.9 Å². The maximum absolute atomic E-state index is 13.6. The third-order valence-corrected chi connectivity index (χ3v) is 13.3. The molecule has 2 aromatic heterocycles. The molecule has 2 saturated heterocycles. The Balaban J connectivity index is 0.938. The minimum atomic E-state index is -0.422. The zero-order chi connectivity index (χ0) is 34.9. The highest BCUT2D eigenvalue weighted by Crippen LogP contribution is 2.76. The molecule has 3 aliphatic carbocycles. The summed E-state index contributed by atoms with van der Waals surface area (Å²) in [6.07, 6.45) is 6.40. The van der Waals surface area contributed by atoms with Gasteiger partial charge in [0.1, 0.15) is 23.3 Å². The number of nitrogens with zero attached hydrogens (tertiary/aromatic N) is 6. The summed E-state index contributed by atoms with van der Waals surface area (Å²) in [6, 6.07) is 13.1. The highest BCUT2D eigenvalue weighted by atomic mass is 35.5. The van der Waals surface area contributed by atoms with Crippen LogP contribution in [0.2, 0.25) is 5.02 Å². The number of aromatic nitrogens is 3. The highest BCUT2D eigenvalue weighted by Gasteiger charge is 2.78. The Morgan fingerprint density at radius 3 is 2.64 bits per heavy atom. The van der Waals surface area contributed by atoms with Gasteiger partial charge in [-0.2, -0.15) is 5.26 Å². The van der Waals surface area contributed by atoms with Crippen molar-refractivity contribution >= 4 is 34.2 Å². The van der Waals surface area contributed by atoms with Crippen molar-refractivity contribution in [2.45, 2.75) is 65.6 Å². The van der Waals surface area contributed by atoms with Crippen LogP contribution in [0.3, 0.4) is 0 Å². The Bertz CT molecular complexity index is 2030. The molecule has 1 amide bonds. The molecule has 4 atom stereocenters. The topological polar surface area (TPSA) is 99.3 Å². The van der Waals surface area contributed by atoms with Gasteiger partial charge in [0.15, 0.2) is 5.82 Å². The summed E-state index contributed by atoms with van der Waals surface area (Å²) in [5.74, 6) is 2.94. The standard InChI is InChI=1S/C39H43ClFN7O2/c1-23-27(5-7-34-32(23)16-31(17-42)48(34)14-10-38-22-39(24(38)2,25(38)3)45-26(4)49)18-46-13-9-28-20-47(21-29(28)19-46)36-37(44-12-11-43-36)50-35-8-6-30(41)15-33(35)40/h5-8,11-12,15-16,24-25,28-29H,9-10,13-14,18-22H2,1-4H3,(H,45,49)/t24-,25-,28?,29?,38?,39?/m0/s1. The predicted molar refractivity (Wildman–Crippen MR) is 191 cm³/mol. The van der Waals surface area contributed by atoms with E-state index in [1.807, 2.05) is 0 Å². The molecule has 3 saturated carbocycles. The third kappa shape index (κ3) is 5.15. The second-order valence-electron chi connectivity index (χ2n) is 15.2. The van der Waals surface area contributed by atoms with Gasteiger partial charge in [0.25, 0.3) is 5.88 Å². The maximum atomic E-state index is 13.6. The number of benzene rings is 2. The van der Waals surface area contributed by atoms with Gasteiger partial charge in [-0.1, -0.05) is 31.5 Å². The maximum Gasteiger partial charge on any atom is 0.263 e. The van der Waals surface area contributed by atoms with Crippen LogP contribution in [0.4, 0.5) is 10.2 Å². The Morgan fingerprint density at radius 2 is 1.90 bits per heavy atom. The van der Waals surface area contributed by atoms with Crippen molar-refractivity contribution in [3.63, 3.8) is 0 Å². The minimum absolute atomic E-state index is 0.0492. The summed E-state index contributed by atoms with van der Waals surface area (Å²) in [6.45, 7) is 13.8. The molecule has 5 fully saturated rings. The molecular formula is C39H43ClFN7O2. The molecular weight excluding hydrogens is 653 g/mol. The molecule has 1 N–H and O–H groups in total. The zero-order valence-corrected chi connectivity index (χ0v) is 29.8. The van der Waals surface area contributed by atoms with Crippen molar-refractivity contribution in [2.24, 2.45) is 29.1 Å². The number of halogens is 2. The van der Waals surface area contributed by atoms with E-state index in [0.717, 1.165) is 69.4 Å². The van der Waals surface area contributed by atoms with E-state index in [0.29, 0.717) is 46.8 Å². The number of nitrogens with one attached hydrogen (secondary N) is 1. The van der Waals surface area contributed by atoms with Crippen LogP contribution in [0.25, 0.3) is 10.9 Å². The summed E-state index contributed by atoms with van der Waals surface area (Å²) < 4.78 is 21.9. The normalized spacial score (nSPS) is 28.5. The van der Waals surface area contributed by atoms with E-state index in [1.165, 1.54) is 29.3 Å². The van der Waals surface area contributed by atoms with Gasteiger partial charge < -0.3 is 19.5 Å². The predicted octanol–water partition coefficient (Wildman–Crippen LogP) is 7.10. The van der Waals surface area contributed by atoms with Gasteiger partial charge in [-0.15, -0.1) is 0 Å². The van der Waals surface area contributed by atoms with E-state index in [-0.39, 0.29) is 21.9 Å². The first-order valence-electron chi connectivity index (χ1n) is 17.7. The average molecular weight is 696 g/mol. The fourth-order valence-corrected chi connectivity index (χ4v) is 10.3. The number of amides is 1. The van der Waals surface area contributed by atoms with Crippen molar-refractivity contribution < 1.29 is 13.9 Å². The number of piperidine rings is 1. The molecule has 2 aromatic carbocycles. The molecule has 9 rings (SSSR count). The molecule has 4 heterocycles. The molecule has 2 bridgehead atoms. The number of fused-ring (bicyclic) bond motifs is 2. The molecule has 2 unspecified atom stereocenters. The number of carbonyl (C=O) groups excluding carboxylic acids is 1. The van der Waals surface area contributed by atoms with E-state index >= 15 is 0 Å². The number of anilines is 1. The van der Waals surface area contributed by atoms with Gasteiger partial charge in [-0.3, -0.25) is 9.69 Å². The Hall–Kier alpha value is -4.20. The van der Waals surface area contributed by atoms with Crippen molar-refractivity contribution in [3.05, 3.63) is 76.5 Å². The molecule has 50 heavy (non-hydrogen) atoms. The van der Waals surface area contributed by atoms with Crippen LogP contribution in [0.15, 0.2) is 48.8 Å². The summed E-state index contributed by atoms with van der Waals surface area (Å²) >= 11 is 6.24. The fourth-order valence-electron chi connectivity index (χ4n) is 10.1. The van der Waals surface area contributed by atoms with Crippen LogP contribution >= 0.6 is 11.6 Å². The van der Waals surface area contributed by atoms with E-state index in [4.69, 9.17) is 16.3 Å². The van der Waals surface area contributed by atoms with Crippen LogP contribution in [-0.2, 0) is 17.9 Å². The lowest BCUT2D eigenvalue weighted by molar-refractivity contribution is -0.282. The smallest absolute Gasteiger partial charge is 0.263 e. The van der Waals surface area contributed by atoms with E-state index in [9.17, 15) is 14.4 Å². The number of carbonyl (C=O) groups is 1. The molecule has 0 radical (unpaired) electrons. The minimum Gasteiger partial charge on any atom is -0.434 e. The second kappa shape index (κ2) is 12.2. The number of hydrogen-bond donors (Lipinski definition) is 1. The lowest BCUT2D eigenvalue weighted by Crippen LogP contribution is -2.86.